The van der Waals surface area contributed by atoms with Crippen molar-refractivity contribution in [2.75, 3.05) is 19.0 Å². The number of aromatic nitrogens is 1. The zero-order valence-corrected chi connectivity index (χ0v) is 21.8. The molecule has 42 heavy (non-hydrogen) atoms. The number of rotatable bonds is 11. The van der Waals surface area contributed by atoms with Crippen molar-refractivity contribution in [3.05, 3.63) is 65.5 Å². The molecule has 0 bridgehead atoms. The molecule has 0 radical (unpaired) electrons. The summed E-state index contributed by atoms with van der Waals surface area (Å²) in [6.45, 7) is -0.134. The van der Waals surface area contributed by atoms with Gasteiger partial charge in [0.15, 0.2) is 11.5 Å². The first-order valence-corrected chi connectivity index (χ1v) is 12.3. The molecule has 1 heterocycles. The number of amides is 2. The Hall–Kier alpha value is -4.69. The average Bonchev–Trinajstić information content (AvgIpc) is 3.72. The van der Waals surface area contributed by atoms with E-state index in [0.29, 0.717) is 18.4 Å². The normalized spacial score (nSPS) is 13.3. The lowest BCUT2D eigenvalue weighted by Crippen LogP contribution is -2.20. The maximum absolute atomic E-state index is 14.1. The number of methoxy groups -OCH3 is 1. The predicted molar refractivity (Wildman–Crippen MR) is 135 cm³/mol. The van der Waals surface area contributed by atoms with Gasteiger partial charge in [0, 0.05) is 18.0 Å². The van der Waals surface area contributed by atoms with Crippen molar-refractivity contribution in [2.24, 2.45) is 11.7 Å². The fourth-order valence-corrected chi connectivity index (χ4v) is 3.86. The molecular formula is C27H23F6N3O6. The fraction of sp³-hybridized carbons (Fsp3) is 0.296. The van der Waals surface area contributed by atoms with E-state index in [0.717, 1.165) is 56.5 Å². The summed E-state index contributed by atoms with van der Waals surface area (Å²) in [6, 6.07) is 6.68. The van der Waals surface area contributed by atoms with Gasteiger partial charge in [-0.05, 0) is 48.7 Å². The number of hydrogen-bond acceptors (Lipinski definition) is 7. The van der Waals surface area contributed by atoms with E-state index in [-0.39, 0.29) is 29.5 Å². The van der Waals surface area contributed by atoms with Crippen LogP contribution in [0.15, 0.2) is 48.7 Å². The zero-order chi connectivity index (χ0) is 30.7. The van der Waals surface area contributed by atoms with Crippen LogP contribution in [-0.2, 0) is 6.18 Å². The average molecular weight is 599 g/mol. The number of carbonyl (C=O) groups excluding carboxylic acids is 2. The van der Waals surface area contributed by atoms with Crippen molar-refractivity contribution < 1.29 is 54.9 Å². The minimum absolute atomic E-state index is 0.0256. The Bertz CT molecular complexity index is 1470. The van der Waals surface area contributed by atoms with Crippen molar-refractivity contribution in [1.29, 1.82) is 0 Å². The summed E-state index contributed by atoms with van der Waals surface area (Å²) in [4.78, 5) is 28.8. The number of halogens is 6. The zero-order valence-electron chi connectivity index (χ0n) is 21.8. The minimum atomic E-state index is -5.00. The Morgan fingerprint density at radius 2 is 1.71 bits per heavy atom. The van der Waals surface area contributed by atoms with Crippen LogP contribution >= 0.6 is 0 Å². The van der Waals surface area contributed by atoms with Gasteiger partial charge in [-0.1, -0.05) is 12.8 Å². The Kier molecular flexibility index (Phi) is 8.68. The first-order valence-electron chi connectivity index (χ1n) is 12.3. The number of nitrogens with zero attached hydrogens (tertiary/aromatic N) is 1. The van der Waals surface area contributed by atoms with Crippen molar-refractivity contribution in [3.63, 3.8) is 0 Å². The van der Waals surface area contributed by atoms with Crippen LogP contribution in [-0.4, -0.2) is 36.9 Å². The second-order valence-electron chi connectivity index (χ2n) is 9.10. The molecule has 2 aromatic carbocycles. The molecule has 224 valence electrons. The smallest absolute Gasteiger partial charge is 0.493 e. The number of nitrogens with one attached hydrogen (secondary N) is 1. The van der Waals surface area contributed by atoms with Crippen molar-refractivity contribution >= 4 is 17.5 Å². The number of carbonyl (C=O) groups is 2. The summed E-state index contributed by atoms with van der Waals surface area (Å²) in [5, 5.41) is 2.38. The highest BCUT2D eigenvalue weighted by molar-refractivity contribution is 6.09. The van der Waals surface area contributed by atoms with E-state index in [1.54, 1.807) is 0 Å². The van der Waals surface area contributed by atoms with E-state index in [2.05, 4.69) is 15.0 Å². The van der Waals surface area contributed by atoms with Crippen molar-refractivity contribution in [1.82, 2.24) is 4.98 Å². The molecule has 0 aliphatic heterocycles. The molecule has 9 nitrogen and oxygen atoms in total. The first-order chi connectivity index (χ1) is 19.7. The van der Waals surface area contributed by atoms with Crippen LogP contribution in [0.4, 0.5) is 32.0 Å². The summed E-state index contributed by atoms with van der Waals surface area (Å²) in [5.41, 5.74) is 3.04. The maximum atomic E-state index is 14.1. The largest absolute Gasteiger partial charge is 0.573 e. The fourth-order valence-electron chi connectivity index (χ4n) is 3.86. The molecule has 1 aromatic heterocycles. The second-order valence-corrected chi connectivity index (χ2v) is 9.10. The molecule has 4 rings (SSSR count). The number of pyridine rings is 1. The van der Waals surface area contributed by atoms with Crippen LogP contribution in [0.1, 0.15) is 45.7 Å². The minimum Gasteiger partial charge on any atom is -0.493 e. The monoisotopic (exact) mass is 599 g/mol. The molecule has 15 heteroatoms. The summed E-state index contributed by atoms with van der Waals surface area (Å²) in [7, 11) is 1.12. The topological polar surface area (TPSA) is 122 Å². The van der Waals surface area contributed by atoms with Gasteiger partial charge in [-0.15, -0.1) is 13.2 Å². The molecule has 3 N–H and O–H groups in total. The highest BCUT2D eigenvalue weighted by Crippen LogP contribution is 2.45. The molecule has 1 saturated carbocycles. The van der Waals surface area contributed by atoms with Gasteiger partial charge in [0.1, 0.15) is 28.5 Å². The van der Waals surface area contributed by atoms with Gasteiger partial charge in [0.05, 0.1) is 19.3 Å². The first kappa shape index (κ1) is 30.3. The third-order valence-electron chi connectivity index (χ3n) is 5.98. The second kappa shape index (κ2) is 12.0. The van der Waals surface area contributed by atoms with Gasteiger partial charge in [0.25, 0.3) is 11.8 Å². The number of benzene rings is 2. The summed E-state index contributed by atoms with van der Waals surface area (Å²) < 4.78 is 100. The number of primary amides is 1. The van der Waals surface area contributed by atoms with E-state index in [1.807, 2.05) is 0 Å². The molecule has 1 aliphatic carbocycles. The number of ether oxygens (including phenoxy) is 4. The Morgan fingerprint density at radius 1 is 1.00 bits per heavy atom. The SMILES string of the molecule is COc1cc(OC(F)(F)F)ccc1Oc1ccc(C(F)(F)F)c(OCCC2CC2)c1C(=O)Nc1ccnc(C(N)=O)c1. The Balaban J connectivity index is 1.79. The third-order valence-corrected chi connectivity index (χ3v) is 5.98. The third kappa shape index (κ3) is 7.73. The van der Waals surface area contributed by atoms with Crippen LogP contribution in [0.25, 0.3) is 0 Å². The van der Waals surface area contributed by atoms with Crippen LogP contribution < -0.4 is 30.0 Å². The lowest BCUT2D eigenvalue weighted by atomic mass is 10.1. The molecule has 0 saturated heterocycles. The standard InChI is InChI=1S/C27H23F6N3O6/c1-39-21-13-16(42-27(31,32)33)4-6-19(21)41-20-7-5-17(26(28,29)30)23(40-11-9-14-2-3-14)22(20)25(38)36-15-8-10-35-18(12-15)24(34)37/h4-8,10,12-14H,2-3,9,11H2,1H3,(H2,34,37)(H,35,36,38). The molecule has 2 amide bonds. The van der Waals surface area contributed by atoms with E-state index >= 15 is 0 Å². The van der Waals surface area contributed by atoms with Gasteiger partial charge < -0.3 is 30.0 Å². The van der Waals surface area contributed by atoms with Gasteiger partial charge in [-0.25, -0.2) is 0 Å². The molecule has 3 aromatic rings. The molecule has 0 atom stereocenters. The van der Waals surface area contributed by atoms with Crippen molar-refractivity contribution in [3.8, 4) is 28.7 Å². The van der Waals surface area contributed by atoms with E-state index in [9.17, 15) is 35.9 Å². The van der Waals surface area contributed by atoms with Crippen LogP contribution in [0, 0.1) is 5.92 Å². The molecular weight excluding hydrogens is 576 g/mol. The van der Waals surface area contributed by atoms with Gasteiger partial charge in [-0.3, -0.25) is 14.6 Å². The molecule has 0 spiro atoms. The summed E-state index contributed by atoms with van der Waals surface area (Å²) in [6.07, 6.45) is -6.52. The van der Waals surface area contributed by atoms with Gasteiger partial charge in [0.2, 0.25) is 0 Å². The van der Waals surface area contributed by atoms with E-state index in [4.69, 9.17) is 19.9 Å². The summed E-state index contributed by atoms with van der Waals surface area (Å²) in [5.74, 6) is -4.17. The van der Waals surface area contributed by atoms with E-state index < -0.39 is 52.7 Å². The number of alkyl halides is 6. The number of anilines is 1. The Morgan fingerprint density at radius 3 is 2.33 bits per heavy atom. The summed E-state index contributed by atoms with van der Waals surface area (Å²) >= 11 is 0. The van der Waals surface area contributed by atoms with Crippen LogP contribution in [0.2, 0.25) is 0 Å². The van der Waals surface area contributed by atoms with Crippen molar-refractivity contribution in [2.45, 2.75) is 31.8 Å². The van der Waals surface area contributed by atoms with Gasteiger partial charge in [-0.2, -0.15) is 13.2 Å². The quantitative estimate of drug-likeness (QED) is 0.247. The lowest BCUT2D eigenvalue weighted by molar-refractivity contribution is -0.274. The molecule has 0 unspecified atom stereocenters. The highest BCUT2D eigenvalue weighted by Gasteiger charge is 2.39. The lowest BCUT2D eigenvalue weighted by Gasteiger charge is -2.21. The highest BCUT2D eigenvalue weighted by atomic mass is 19.4. The van der Waals surface area contributed by atoms with Crippen LogP contribution in [0.5, 0.6) is 28.7 Å². The van der Waals surface area contributed by atoms with E-state index in [1.165, 1.54) is 6.07 Å². The predicted octanol–water partition coefficient (Wildman–Crippen LogP) is 6.33. The Labute approximate surface area is 234 Å². The molecule has 1 aliphatic rings. The number of hydrogen-bond donors (Lipinski definition) is 2. The van der Waals surface area contributed by atoms with Gasteiger partial charge >= 0.3 is 12.5 Å². The molecule has 1 fully saturated rings. The van der Waals surface area contributed by atoms with Crippen LogP contribution in [0.3, 0.4) is 0 Å². The number of nitrogens with two attached hydrogens (primary N) is 1. The maximum Gasteiger partial charge on any atom is 0.573 e.